The van der Waals surface area contributed by atoms with Crippen LogP contribution in [-0.2, 0) is 4.74 Å². The van der Waals surface area contributed by atoms with Crippen molar-refractivity contribution in [1.82, 2.24) is 5.32 Å². The Hall–Kier alpha value is -1.17. The summed E-state index contributed by atoms with van der Waals surface area (Å²) in [6.45, 7) is 0.685. The van der Waals surface area contributed by atoms with Gasteiger partial charge >= 0.3 is 0 Å². The number of rotatable bonds is 2. The minimum Gasteiger partial charge on any atom is -0.376 e. The van der Waals surface area contributed by atoms with Crippen molar-refractivity contribution in [3.63, 3.8) is 0 Å². The zero-order chi connectivity index (χ0) is 13.6. The summed E-state index contributed by atoms with van der Waals surface area (Å²) in [5.41, 5.74) is 6.23. The molecule has 0 spiro atoms. The van der Waals surface area contributed by atoms with Crippen LogP contribution in [0.25, 0.3) is 0 Å². The first-order chi connectivity index (χ1) is 9.08. The Kier molecular flexibility index (Phi) is 3.20. The molecule has 1 saturated carbocycles. The molecule has 1 aliphatic carbocycles. The molecule has 102 valence electrons. The van der Waals surface area contributed by atoms with Gasteiger partial charge in [0.2, 0.25) is 0 Å². The molecule has 1 aliphatic heterocycles. The van der Waals surface area contributed by atoms with Gasteiger partial charge in [-0.3, -0.25) is 4.79 Å². The largest absolute Gasteiger partial charge is 0.376 e. The van der Waals surface area contributed by atoms with Gasteiger partial charge in [0.15, 0.2) is 0 Å². The van der Waals surface area contributed by atoms with E-state index in [9.17, 15) is 9.18 Å². The molecular weight excluding hydrogens is 271 g/mol. The van der Waals surface area contributed by atoms with Gasteiger partial charge in [0.25, 0.3) is 5.91 Å². The highest BCUT2D eigenvalue weighted by Crippen LogP contribution is 2.37. The lowest BCUT2D eigenvalue weighted by Crippen LogP contribution is -2.68. The predicted octanol–water partition coefficient (Wildman–Crippen LogP) is 1.32. The van der Waals surface area contributed by atoms with Gasteiger partial charge in [-0.25, -0.2) is 4.39 Å². The fraction of sp³-hybridized carbons (Fsp3) is 0.462. The van der Waals surface area contributed by atoms with Crippen LogP contribution < -0.4 is 11.1 Å². The van der Waals surface area contributed by atoms with Crippen LogP contribution in [0.3, 0.4) is 0 Å². The van der Waals surface area contributed by atoms with Crippen molar-refractivity contribution in [2.45, 2.75) is 24.6 Å². The van der Waals surface area contributed by atoms with Crippen LogP contribution in [-0.4, -0.2) is 30.7 Å². The fourth-order valence-electron chi connectivity index (χ4n) is 2.80. The zero-order valence-electron chi connectivity index (χ0n) is 10.1. The second-order valence-electron chi connectivity index (χ2n) is 4.99. The smallest absolute Gasteiger partial charge is 0.251 e. The molecule has 3 N–H and O–H groups in total. The number of carbonyl (C=O) groups is 1. The van der Waals surface area contributed by atoms with E-state index in [2.05, 4.69) is 5.32 Å². The average Bonchev–Trinajstić information content (AvgIpc) is 2.83. The third-order valence-corrected chi connectivity index (χ3v) is 4.23. The summed E-state index contributed by atoms with van der Waals surface area (Å²) in [4.78, 5) is 12.0. The van der Waals surface area contributed by atoms with E-state index in [-0.39, 0.29) is 34.7 Å². The van der Waals surface area contributed by atoms with Gasteiger partial charge in [0.1, 0.15) is 5.82 Å². The first-order valence-electron chi connectivity index (χ1n) is 6.21. The van der Waals surface area contributed by atoms with E-state index < -0.39 is 5.82 Å². The van der Waals surface area contributed by atoms with Crippen LogP contribution in [0.2, 0.25) is 5.02 Å². The first-order valence-corrected chi connectivity index (χ1v) is 6.59. The maximum Gasteiger partial charge on any atom is 0.251 e. The van der Waals surface area contributed by atoms with E-state index in [0.717, 1.165) is 12.5 Å². The summed E-state index contributed by atoms with van der Waals surface area (Å²) in [5, 5.41) is 2.80. The third-order valence-electron chi connectivity index (χ3n) is 3.93. The van der Waals surface area contributed by atoms with Crippen LogP contribution >= 0.6 is 11.6 Å². The van der Waals surface area contributed by atoms with Gasteiger partial charge in [-0.05, 0) is 24.6 Å². The van der Waals surface area contributed by atoms with E-state index in [1.807, 2.05) is 0 Å². The van der Waals surface area contributed by atoms with Crippen LogP contribution in [0.1, 0.15) is 16.8 Å². The van der Waals surface area contributed by atoms with E-state index in [0.29, 0.717) is 12.5 Å². The number of ether oxygens (including phenoxy) is 1. The van der Waals surface area contributed by atoms with E-state index >= 15 is 0 Å². The Morgan fingerprint density at radius 3 is 3.05 bits per heavy atom. The van der Waals surface area contributed by atoms with E-state index in [4.69, 9.17) is 22.1 Å². The fourth-order valence-corrected chi connectivity index (χ4v) is 2.92. The third kappa shape index (κ3) is 2.12. The molecule has 4 atom stereocenters. The standard InChI is InChI=1S/C13H14ClFN2O2/c14-8-2-1-6(5-9(8)15)13(18)17-11-10(16)7-3-4-19-12(7)11/h1-2,5,7,10-12H,3-4,16H2,(H,17,18). The van der Waals surface area contributed by atoms with Crippen molar-refractivity contribution in [3.05, 3.63) is 34.6 Å². The number of nitrogens with one attached hydrogen (secondary N) is 1. The lowest BCUT2D eigenvalue weighted by atomic mass is 9.72. The highest BCUT2D eigenvalue weighted by molar-refractivity contribution is 6.30. The lowest BCUT2D eigenvalue weighted by Gasteiger charge is -2.45. The van der Waals surface area contributed by atoms with Crippen LogP contribution in [0.4, 0.5) is 4.39 Å². The predicted molar refractivity (Wildman–Crippen MR) is 68.5 cm³/mol. The molecule has 2 aliphatic rings. The quantitative estimate of drug-likeness (QED) is 0.861. The van der Waals surface area contributed by atoms with Crippen LogP contribution in [0, 0.1) is 11.7 Å². The number of nitrogens with two attached hydrogens (primary N) is 1. The van der Waals surface area contributed by atoms with Crippen molar-refractivity contribution in [1.29, 1.82) is 0 Å². The lowest BCUT2D eigenvalue weighted by molar-refractivity contribution is -0.0161. The SMILES string of the molecule is NC1C2CCOC2C1NC(=O)c1ccc(Cl)c(F)c1. The number of amides is 1. The summed E-state index contributed by atoms with van der Waals surface area (Å²) in [5.74, 6) is -0.639. The monoisotopic (exact) mass is 284 g/mol. The molecule has 0 bridgehead atoms. The van der Waals surface area contributed by atoms with Gasteiger partial charge in [0.05, 0.1) is 17.2 Å². The summed E-state index contributed by atoms with van der Waals surface area (Å²) < 4.78 is 18.8. The summed E-state index contributed by atoms with van der Waals surface area (Å²) in [6, 6.07) is 3.68. The van der Waals surface area contributed by atoms with E-state index in [1.54, 1.807) is 0 Å². The second-order valence-corrected chi connectivity index (χ2v) is 5.40. The van der Waals surface area contributed by atoms with Gasteiger partial charge in [-0.2, -0.15) is 0 Å². The number of carbonyl (C=O) groups excluding carboxylic acids is 1. The Morgan fingerprint density at radius 1 is 1.53 bits per heavy atom. The van der Waals surface area contributed by atoms with Crippen molar-refractivity contribution >= 4 is 17.5 Å². The van der Waals surface area contributed by atoms with Gasteiger partial charge < -0.3 is 15.8 Å². The summed E-state index contributed by atoms with van der Waals surface area (Å²) in [6.07, 6.45) is 0.935. The molecule has 0 radical (unpaired) electrons. The summed E-state index contributed by atoms with van der Waals surface area (Å²) in [7, 11) is 0. The Bertz CT molecular complexity index is 525. The first kappa shape index (κ1) is 12.8. The summed E-state index contributed by atoms with van der Waals surface area (Å²) >= 11 is 5.58. The Balaban J connectivity index is 1.70. The van der Waals surface area contributed by atoms with Crippen molar-refractivity contribution in [2.24, 2.45) is 11.7 Å². The maximum atomic E-state index is 13.3. The second kappa shape index (κ2) is 4.74. The minimum absolute atomic E-state index is 0.00361. The number of hydrogen-bond donors (Lipinski definition) is 2. The average molecular weight is 285 g/mol. The number of hydrogen-bond acceptors (Lipinski definition) is 3. The molecule has 4 unspecified atom stereocenters. The van der Waals surface area contributed by atoms with Crippen molar-refractivity contribution < 1.29 is 13.9 Å². The molecule has 1 saturated heterocycles. The minimum atomic E-state index is -0.609. The number of halogens is 2. The Morgan fingerprint density at radius 2 is 2.32 bits per heavy atom. The number of fused-ring (bicyclic) bond motifs is 1. The van der Waals surface area contributed by atoms with E-state index in [1.165, 1.54) is 12.1 Å². The van der Waals surface area contributed by atoms with Crippen molar-refractivity contribution in [3.8, 4) is 0 Å². The molecule has 2 fully saturated rings. The van der Waals surface area contributed by atoms with Crippen molar-refractivity contribution in [2.75, 3.05) is 6.61 Å². The van der Waals surface area contributed by atoms with Gasteiger partial charge in [-0.1, -0.05) is 11.6 Å². The molecule has 0 aromatic heterocycles. The molecule has 1 heterocycles. The van der Waals surface area contributed by atoms with Gasteiger partial charge in [0, 0.05) is 24.1 Å². The molecule has 1 aromatic rings. The molecular formula is C13H14ClFN2O2. The van der Waals surface area contributed by atoms with Gasteiger partial charge in [-0.15, -0.1) is 0 Å². The Labute approximate surface area is 115 Å². The number of benzene rings is 1. The topological polar surface area (TPSA) is 64.3 Å². The molecule has 4 nitrogen and oxygen atoms in total. The molecule has 3 rings (SSSR count). The maximum absolute atomic E-state index is 13.3. The van der Waals surface area contributed by atoms with Crippen LogP contribution in [0.15, 0.2) is 18.2 Å². The zero-order valence-corrected chi connectivity index (χ0v) is 10.9. The molecule has 1 amide bonds. The molecule has 1 aromatic carbocycles. The van der Waals surface area contributed by atoms with Crippen LogP contribution in [0.5, 0.6) is 0 Å². The molecule has 6 heteroatoms. The highest BCUT2D eigenvalue weighted by Gasteiger charge is 2.52. The highest BCUT2D eigenvalue weighted by atomic mass is 35.5. The molecule has 19 heavy (non-hydrogen) atoms. The normalized spacial score (nSPS) is 32.6.